The van der Waals surface area contributed by atoms with Crippen molar-refractivity contribution < 1.29 is 24.2 Å². The summed E-state index contributed by atoms with van der Waals surface area (Å²) in [6.45, 7) is 5.67. The van der Waals surface area contributed by atoms with Crippen molar-refractivity contribution in [3.8, 4) is 0 Å². The lowest BCUT2D eigenvalue weighted by atomic mass is 9.65. The van der Waals surface area contributed by atoms with E-state index in [1.165, 1.54) is 0 Å². The van der Waals surface area contributed by atoms with Crippen LogP contribution in [-0.2, 0) is 19.1 Å². The van der Waals surface area contributed by atoms with Gasteiger partial charge in [0.2, 0.25) is 17.7 Å². The first-order valence-corrected chi connectivity index (χ1v) is 13.4. The molecular weight excluding hydrogens is 470 g/mol. The fourth-order valence-electron chi connectivity index (χ4n) is 7.16. The first kappa shape index (κ1) is 25.7. The van der Waals surface area contributed by atoms with Crippen LogP contribution in [0.5, 0.6) is 0 Å². The van der Waals surface area contributed by atoms with Crippen molar-refractivity contribution in [3.63, 3.8) is 0 Å². The third-order valence-corrected chi connectivity index (χ3v) is 9.26. The monoisotopic (exact) mass is 507 g/mol. The van der Waals surface area contributed by atoms with E-state index in [9.17, 15) is 19.5 Å². The molecule has 37 heavy (non-hydrogen) atoms. The zero-order chi connectivity index (χ0) is 26.5. The van der Waals surface area contributed by atoms with Crippen LogP contribution in [0.1, 0.15) is 46.5 Å². The smallest absolute Gasteiger partial charge is 0.250 e. The Kier molecular flexibility index (Phi) is 6.52. The summed E-state index contributed by atoms with van der Waals surface area (Å²) in [6.07, 6.45) is 2.41. The van der Waals surface area contributed by atoms with Crippen molar-refractivity contribution in [1.29, 1.82) is 0 Å². The van der Waals surface area contributed by atoms with Gasteiger partial charge in [0, 0.05) is 12.7 Å². The number of hydrogen-bond donors (Lipinski definition) is 3. The molecule has 8 heteroatoms. The summed E-state index contributed by atoms with van der Waals surface area (Å²) in [6, 6.07) is 12.1. The third kappa shape index (κ3) is 3.67. The van der Waals surface area contributed by atoms with Crippen molar-refractivity contribution in [2.24, 2.45) is 17.8 Å². The molecule has 198 valence electrons. The quantitative estimate of drug-likeness (QED) is 0.509. The Labute approximate surface area is 217 Å². The Morgan fingerprint density at radius 2 is 1.86 bits per heavy atom. The number of nitrogens with one attached hydrogen (secondary N) is 2. The van der Waals surface area contributed by atoms with E-state index >= 15 is 0 Å². The van der Waals surface area contributed by atoms with Crippen LogP contribution in [0, 0.1) is 17.8 Å². The molecule has 3 aliphatic heterocycles. The molecule has 0 radical (unpaired) electrons. The van der Waals surface area contributed by atoms with Crippen LogP contribution in [0.2, 0.25) is 0 Å². The number of likely N-dealkylation sites (tertiary alicyclic amines) is 1. The Morgan fingerprint density at radius 3 is 2.51 bits per heavy atom. The van der Waals surface area contributed by atoms with Gasteiger partial charge in [0.1, 0.15) is 11.6 Å². The zero-order valence-electron chi connectivity index (χ0n) is 22.0. The number of amides is 3. The Hall–Kier alpha value is -2.97. The van der Waals surface area contributed by atoms with Crippen molar-refractivity contribution in [3.05, 3.63) is 42.5 Å². The summed E-state index contributed by atoms with van der Waals surface area (Å²) < 4.78 is 6.74. The second-order valence-electron chi connectivity index (χ2n) is 10.9. The van der Waals surface area contributed by atoms with Gasteiger partial charge in [0.15, 0.2) is 0 Å². The van der Waals surface area contributed by atoms with Gasteiger partial charge in [-0.3, -0.25) is 14.4 Å². The van der Waals surface area contributed by atoms with Crippen LogP contribution in [-0.4, -0.2) is 64.7 Å². The normalized spacial score (nSPS) is 31.9. The van der Waals surface area contributed by atoms with E-state index in [1.54, 1.807) is 11.9 Å². The Balaban J connectivity index is 1.59. The average Bonchev–Trinajstić information content (AvgIpc) is 3.52. The van der Waals surface area contributed by atoms with E-state index in [4.69, 9.17) is 4.74 Å². The second-order valence-corrected chi connectivity index (χ2v) is 10.9. The molecule has 8 nitrogen and oxygen atoms in total. The van der Waals surface area contributed by atoms with Crippen molar-refractivity contribution in [2.45, 2.75) is 69.7 Å². The van der Waals surface area contributed by atoms with E-state index in [-0.39, 0.29) is 30.2 Å². The molecule has 2 aromatic carbocycles. The molecule has 5 rings (SSSR count). The number of benzene rings is 2. The van der Waals surface area contributed by atoms with Crippen LogP contribution in [0.25, 0.3) is 10.8 Å². The molecule has 2 bridgehead atoms. The van der Waals surface area contributed by atoms with Gasteiger partial charge in [0.05, 0.1) is 30.1 Å². The highest BCUT2D eigenvalue weighted by Gasteiger charge is 2.79. The lowest BCUT2D eigenvalue weighted by Crippen LogP contribution is -2.57. The first-order chi connectivity index (χ1) is 17.8. The molecule has 0 saturated carbocycles. The first-order valence-electron chi connectivity index (χ1n) is 13.4. The number of carbonyl (C=O) groups is 3. The van der Waals surface area contributed by atoms with Gasteiger partial charge in [-0.15, -0.1) is 0 Å². The molecule has 1 spiro atoms. The molecule has 3 heterocycles. The lowest BCUT2D eigenvalue weighted by molar-refractivity contribution is -0.150. The summed E-state index contributed by atoms with van der Waals surface area (Å²) in [5.74, 6) is -2.36. The third-order valence-electron chi connectivity index (χ3n) is 9.26. The van der Waals surface area contributed by atoms with Gasteiger partial charge in [-0.2, -0.15) is 0 Å². The Bertz CT molecular complexity index is 1230. The predicted octanol–water partition coefficient (Wildman–Crippen LogP) is 3.09. The number of aliphatic hydroxyl groups excluding tert-OH is 1. The molecule has 0 aliphatic carbocycles. The molecule has 2 unspecified atom stereocenters. The van der Waals surface area contributed by atoms with Crippen LogP contribution in [0.15, 0.2) is 42.5 Å². The number of rotatable bonds is 8. The number of fused-ring (bicyclic) bond motifs is 2. The number of carbonyl (C=O) groups excluding carboxylic acids is 3. The fraction of sp³-hybridized carbons (Fsp3) is 0.552. The van der Waals surface area contributed by atoms with Crippen LogP contribution >= 0.6 is 0 Å². The van der Waals surface area contributed by atoms with E-state index in [2.05, 4.69) is 10.6 Å². The maximum Gasteiger partial charge on any atom is 0.250 e. The number of aliphatic hydroxyl groups is 1. The minimum Gasteiger partial charge on any atom is -0.394 e. The topological polar surface area (TPSA) is 108 Å². The summed E-state index contributed by atoms with van der Waals surface area (Å²) in [5, 5.41) is 18.2. The molecule has 3 aliphatic rings. The van der Waals surface area contributed by atoms with Crippen LogP contribution in [0.3, 0.4) is 0 Å². The van der Waals surface area contributed by atoms with Gasteiger partial charge in [0.25, 0.3) is 0 Å². The molecule has 3 fully saturated rings. The number of nitrogens with zero attached hydrogens (tertiary/aromatic N) is 1. The highest BCUT2D eigenvalue weighted by molar-refractivity contribution is 6.04. The van der Waals surface area contributed by atoms with E-state index in [0.29, 0.717) is 24.9 Å². The SMILES string of the molecule is CC[C@H](C)[C@H](CO)N1C(=O)[C@@H]2[C@H](C(=O)NC)[C@]3(CC)CCC2(O3)C1C(=O)Nc1ccc2ccccc2c1. The minimum absolute atomic E-state index is 0.0454. The maximum atomic E-state index is 14.2. The largest absolute Gasteiger partial charge is 0.394 e. The molecule has 3 N–H and O–H groups in total. The molecule has 2 aromatic rings. The maximum absolute atomic E-state index is 14.2. The average molecular weight is 508 g/mol. The number of hydrogen-bond acceptors (Lipinski definition) is 5. The van der Waals surface area contributed by atoms with Gasteiger partial charge >= 0.3 is 0 Å². The summed E-state index contributed by atoms with van der Waals surface area (Å²) >= 11 is 0. The van der Waals surface area contributed by atoms with Gasteiger partial charge < -0.3 is 25.4 Å². The molecule has 0 aromatic heterocycles. The zero-order valence-corrected chi connectivity index (χ0v) is 22.0. The van der Waals surface area contributed by atoms with Gasteiger partial charge in [-0.25, -0.2) is 0 Å². The van der Waals surface area contributed by atoms with Crippen molar-refractivity contribution in [2.75, 3.05) is 19.0 Å². The lowest BCUT2D eigenvalue weighted by Gasteiger charge is -2.39. The summed E-state index contributed by atoms with van der Waals surface area (Å²) in [7, 11) is 1.57. The summed E-state index contributed by atoms with van der Waals surface area (Å²) in [4.78, 5) is 43.1. The molecule has 7 atom stereocenters. The molecular formula is C29H37N3O5. The van der Waals surface area contributed by atoms with E-state index in [0.717, 1.165) is 17.2 Å². The molecule has 3 saturated heterocycles. The van der Waals surface area contributed by atoms with Gasteiger partial charge in [-0.05, 0) is 48.1 Å². The van der Waals surface area contributed by atoms with Crippen molar-refractivity contribution >= 4 is 34.2 Å². The van der Waals surface area contributed by atoms with Crippen molar-refractivity contribution in [1.82, 2.24) is 10.2 Å². The number of anilines is 1. The highest BCUT2D eigenvalue weighted by atomic mass is 16.5. The second kappa shape index (κ2) is 9.40. The minimum atomic E-state index is -1.12. The van der Waals surface area contributed by atoms with E-state index in [1.807, 2.05) is 63.2 Å². The Morgan fingerprint density at radius 1 is 1.14 bits per heavy atom. The molecule has 3 amide bonds. The summed E-state index contributed by atoms with van der Waals surface area (Å²) in [5.41, 5.74) is -1.27. The van der Waals surface area contributed by atoms with Crippen LogP contribution in [0.4, 0.5) is 5.69 Å². The highest BCUT2D eigenvalue weighted by Crippen LogP contribution is 2.64. The standard InChI is InChI=1S/C29H37N3O5/c1-5-17(3)21(16-33)32-24(26(35)31-20-12-11-18-9-7-8-10-19(18)15-20)29-14-13-28(6-2,37-29)22(25(34)30-4)23(29)27(32)36/h7-12,15,17,21-24,33H,5-6,13-14,16H2,1-4H3,(H,30,34)(H,31,35)/t17-,21-,22+,23-,24?,28-,29?/m0/s1. The van der Waals surface area contributed by atoms with Crippen LogP contribution < -0.4 is 10.6 Å². The fourth-order valence-corrected chi connectivity index (χ4v) is 7.16. The number of ether oxygens (including phenoxy) is 1. The van der Waals surface area contributed by atoms with E-state index < -0.39 is 35.1 Å². The predicted molar refractivity (Wildman–Crippen MR) is 141 cm³/mol. The van der Waals surface area contributed by atoms with Gasteiger partial charge in [-0.1, -0.05) is 57.5 Å².